The largest absolute Gasteiger partial charge is 0.344 e. The smallest absolute Gasteiger partial charge is 0.253 e. The van der Waals surface area contributed by atoms with Crippen LogP contribution in [0.4, 0.5) is 0 Å². The molecule has 0 radical (unpaired) electrons. The van der Waals surface area contributed by atoms with Crippen LogP contribution in [0.2, 0.25) is 0 Å². The van der Waals surface area contributed by atoms with Crippen molar-refractivity contribution in [3.05, 3.63) is 35.0 Å². The Hall–Kier alpha value is -1.81. The van der Waals surface area contributed by atoms with E-state index in [2.05, 4.69) is 46.4 Å². The maximum absolute atomic E-state index is 13.3. The molecule has 4 heteroatoms. The fourth-order valence-corrected chi connectivity index (χ4v) is 6.29. The predicted molar refractivity (Wildman–Crippen MR) is 139 cm³/mol. The van der Waals surface area contributed by atoms with Gasteiger partial charge in [-0.3, -0.25) is 9.69 Å². The number of aryl methyl sites for hydroxylation is 1. The Bertz CT molecular complexity index is 930. The monoisotopic (exact) mass is 451 g/mol. The van der Waals surface area contributed by atoms with Crippen molar-refractivity contribution in [1.82, 2.24) is 14.4 Å². The number of rotatable bonds is 3. The first kappa shape index (κ1) is 24.3. The van der Waals surface area contributed by atoms with Gasteiger partial charge in [-0.2, -0.15) is 0 Å². The van der Waals surface area contributed by atoms with E-state index in [4.69, 9.17) is 0 Å². The maximum Gasteiger partial charge on any atom is 0.253 e. The molecule has 0 spiro atoms. The summed E-state index contributed by atoms with van der Waals surface area (Å²) in [5, 5.41) is 1.33. The van der Waals surface area contributed by atoms with Crippen LogP contribution in [0.1, 0.15) is 101 Å². The molecular weight excluding hydrogens is 406 g/mol. The summed E-state index contributed by atoms with van der Waals surface area (Å²) >= 11 is 0. The first-order chi connectivity index (χ1) is 16.2. The van der Waals surface area contributed by atoms with Gasteiger partial charge in [0.05, 0.1) is 0 Å². The highest BCUT2D eigenvalue weighted by molar-refractivity contribution is 5.99. The van der Waals surface area contributed by atoms with E-state index < -0.39 is 0 Å². The molecule has 1 amide bonds. The van der Waals surface area contributed by atoms with Crippen LogP contribution < -0.4 is 0 Å². The van der Waals surface area contributed by atoms with Crippen molar-refractivity contribution < 1.29 is 4.79 Å². The molecular formula is C29H45N3O. The molecule has 3 aliphatic rings. The Kier molecular flexibility index (Phi) is 8.16. The van der Waals surface area contributed by atoms with Crippen molar-refractivity contribution >= 4 is 16.8 Å². The zero-order valence-electron chi connectivity index (χ0n) is 21.5. The molecule has 3 heterocycles. The number of benzene rings is 1. The molecule has 2 aromatic rings. The van der Waals surface area contributed by atoms with Crippen molar-refractivity contribution in [2.45, 2.75) is 105 Å². The van der Waals surface area contributed by atoms with E-state index >= 15 is 0 Å². The fraction of sp³-hybridized carbons (Fsp3) is 0.690. The van der Waals surface area contributed by atoms with Crippen LogP contribution in [0.15, 0.2) is 18.2 Å². The standard InChI is InChI=1S/C27H39N3O.C2H6/c1-3-30-25-11-10-21(27(31)28-15-12-20(2)13-16-28)18-23(25)24-19-29(17-14-26(24)30)22-8-6-4-5-7-9-22;1-2/h10-11,18,20,22H,3-9,12-17,19H2,1-2H3;1-2H3. The third-order valence-corrected chi connectivity index (χ3v) is 8.26. The summed E-state index contributed by atoms with van der Waals surface area (Å²) in [6, 6.07) is 7.25. The minimum atomic E-state index is 0.225. The van der Waals surface area contributed by atoms with E-state index in [1.165, 1.54) is 67.2 Å². The first-order valence-electron chi connectivity index (χ1n) is 13.8. The summed E-state index contributed by atoms with van der Waals surface area (Å²) in [7, 11) is 0. The van der Waals surface area contributed by atoms with E-state index in [-0.39, 0.29) is 5.91 Å². The highest BCUT2D eigenvalue weighted by Gasteiger charge is 2.29. The number of likely N-dealkylation sites (tertiary alicyclic amines) is 1. The molecule has 5 rings (SSSR count). The molecule has 1 aliphatic carbocycles. The Balaban J connectivity index is 0.00000126. The number of carbonyl (C=O) groups excluding carboxylic acids is 1. The lowest BCUT2D eigenvalue weighted by atomic mass is 9.97. The molecule has 1 aromatic heterocycles. The van der Waals surface area contributed by atoms with E-state index in [0.29, 0.717) is 0 Å². The number of nitrogens with zero attached hydrogens (tertiary/aromatic N) is 3. The van der Waals surface area contributed by atoms with Gasteiger partial charge in [-0.25, -0.2) is 0 Å². The minimum absolute atomic E-state index is 0.225. The van der Waals surface area contributed by atoms with Gasteiger partial charge in [-0.1, -0.05) is 46.5 Å². The van der Waals surface area contributed by atoms with Gasteiger partial charge in [0.1, 0.15) is 0 Å². The summed E-state index contributed by atoms with van der Waals surface area (Å²) in [4.78, 5) is 18.1. The molecule has 182 valence electrons. The Labute approximate surface area is 201 Å². The SMILES string of the molecule is CC.CCn1c2c(c3cc(C(=O)N4CCC(C)CC4)ccc31)CN(C1CCCCCC1)CC2. The van der Waals surface area contributed by atoms with E-state index in [0.717, 1.165) is 63.0 Å². The van der Waals surface area contributed by atoms with Gasteiger partial charge in [0, 0.05) is 67.3 Å². The van der Waals surface area contributed by atoms with Crippen molar-refractivity contribution in [2.24, 2.45) is 5.92 Å². The molecule has 4 nitrogen and oxygen atoms in total. The third-order valence-electron chi connectivity index (χ3n) is 8.26. The zero-order chi connectivity index (χ0) is 23.4. The molecule has 0 unspecified atom stereocenters. The van der Waals surface area contributed by atoms with Gasteiger partial charge in [0.2, 0.25) is 0 Å². The van der Waals surface area contributed by atoms with E-state index in [9.17, 15) is 4.79 Å². The number of hydrogen-bond acceptors (Lipinski definition) is 2. The summed E-state index contributed by atoms with van der Waals surface area (Å²) in [5.41, 5.74) is 5.21. The fourth-order valence-electron chi connectivity index (χ4n) is 6.29. The van der Waals surface area contributed by atoms with Crippen LogP contribution in [0.3, 0.4) is 0 Å². The summed E-state index contributed by atoms with van der Waals surface area (Å²) in [6.45, 7) is 13.6. The van der Waals surface area contributed by atoms with E-state index in [1.807, 2.05) is 13.8 Å². The van der Waals surface area contributed by atoms with E-state index in [1.54, 1.807) is 0 Å². The van der Waals surface area contributed by atoms with Crippen molar-refractivity contribution in [1.29, 1.82) is 0 Å². The van der Waals surface area contributed by atoms with Crippen molar-refractivity contribution in [3.8, 4) is 0 Å². The molecule has 1 saturated carbocycles. The van der Waals surface area contributed by atoms with Gasteiger partial charge < -0.3 is 9.47 Å². The normalized spacial score (nSPS) is 20.8. The summed E-state index contributed by atoms with van der Waals surface area (Å²) in [6.07, 6.45) is 11.7. The number of piperidine rings is 1. The lowest BCUT2D eigenvalue weighted by Gasteiger charge is -2.35. The Morgan fingerprint density at radius 1 is 0.970 bits per heavy atom. The second kappa shape index (κ2) is 11.1. The number of aromatic nitrogens is 1. The highest BCUT2D eigenvalue weighted by atomic mass is 16.2. The maximum atomic E-state index is 13.3. The van der Waals surface area contributed by atoms with Crippen LogP contribution in [0.5, 0.6) is 0 Å². The lowest BCUT2D eigenvalue weighted by molar-refractivity contribution is 0.0697. The van der Waals surface area contributed by atoms with Gasteiger partial charge in [-0.15, -0.1) is 0 Å². The quantitative estimate of drug-likeness (QED) is 0.489. The lowest BCUT2D eigenvalue weighted by Crippen LogP contribution is -2.39. The van der Waals surface area contributed by atoms with Crippen LogP contribution in [0, 0.1) is 5.92 Å². The number of amides is 1. The molecule has 1 saturated heterocycles. The molecule has 0 N–H and O–H groups in total. The number of carbonyl (C=O) groups is 1. The predicted octanol–water partition coefficient (Wildman–Crippen LogP) is 6.64. The van der Waals surface area contributed by atoms with Crippen molar-refractivity contribution in [3.63, 3.8) is 0 Å². The molecule has 1 aromatic carbocycles. The third kappa shape index (κ3) is 5.01. The van der Waals surface area contributed by atoms with Crippen LogP contribution in [-0.2, 0) is 19.5 Å². The molecule has 0 bridgehead atoms. The van der Waals surface area contributed by atoms with Gasteiger partial charge in [0.15, 0.2) is 0 Å². The van der Waals surface area contributed by atoms with Gasteiger partial charge in [0.25, 0.3) is 5.91 Å². The van der Waals surface area contributed by atoms with Crippen molar-refractivity contribution in [2.75, 3.05) is 19.6 Å². The zero-order valence-corrected chi connectivity index (χ0v) is 21.5. The molecule has 33 heavy (non-hydrogen) atoms. The minimum Gasteiger partial charge on any atom is -0.344 e. The number of fused-ring (bicyclic) bond motifs is 3. The second-order valence-corrected chi connectivity index (χ2v) is 10.2. The molecule has 2 aliphatic heterocycles. The first-order valence-corrected chi connectivity index (χ1v) is 13.8. The molecule has 0 atom stereocenters. The Morgan fingerprint density at radius 3 is 2.33 bits per heavy atom. The average molecular weight is 452 g/mol. The van der Waals surface area contributed by atoms with Crippen LogP contribution in [-0.4, -0.2) is 46.0 Å². The summed E-state index contributed by atoms with van der Waals surface area (Å²) < 4.78 is 2.51. The Morgan fingerprint density at radius 2 is 1.67 bits per heavy atom. The molecule has 2 fully saturated rings. The van der Waals surface area contributed by atoms with Crippen LogP contribution in [0.25, 0.3) is 10.9 Å². The van der Waals surface area contributed by atoms with Gasteiger partial charge in [-0.05, 0) is 62.3 Å². The topological polar surface area (TPSA) is 28.5 Å². The van der Waals surface area contributed by atoms with Crippen LogP contribution >= 0.6 is 0 Å². The second-order valence-electron chi connectivity index (χ2n) is 10.2. The van der Waals surface area contributed by atoms with Gasteiger partial charge >= 0.3 is 0 Å². The average Bonchev–Trinajstić information content (AvgIpc) is 2.99. The number of hydrogen-bond donors (Lipinski definition) is 0. The summed E-state index contributed by atoms with van der Waals surface area (Å²) in [5.74, 6) is 0.968. The highest BCUT2D eigenvalue weighted by Crippen LogP contribution is 2.34.